The molecule has 2 nitrogen and oxygen atoms in total. The van der Waals surface area contributed by atoms with Crippen LogP contribution < -0.4 is 0 Å². The molecule has 0 aliphatic carbocycles. The lowest BCUT2D eigenvalue weighted by Gasteiger charge is -2.13. The molecular formula is C12H12Br2O2. The van der Waals surface area contributed by atoms with Crippen LogP contribution in [0, 0.1) is 0 Å². The second kappa shape index (κ2) is 6.21. The summed E-state index contributed by atoms with van der Waals surface area (Å²) in [7, 11) is 0. The average molecular weight is 348 g/mol. The second-order valence-electron chi connectivity index (χ2n) is 3.28. The summed E-state index contributed by atoms with van der Waals surface area (Å²) in [4.78, 5) is 10.8. The van der Waals surface area contributed by atoms with E-state index < -0.39 is 0 Å². The van der Waals surface area contributed by atoms with E-state index in [4.69, 9.17) is 4.74 Å². The zero-order valence-electron chi connectivity index (χ0n) is 9.04. The molecule has 1 atom stereocenters. The summed E-state index contributed by atoms with van der Waals surface area (Å²) in [5, 5.41) is 0. The Kier molecular flexibility index (Phi) is 5.22. The van der Waals surface area contributed by atoms with Crippen molar-refractivity contribution in [2.45, 2.75) is 20.0 Å². The van der Waals surface area contributed by atoms with Crippen molar-refractivity contribution >= 4 is 42.3 Å². The molecule has 86 valence electrons. The van der Waals surface area contributed by atoms with Gasteiger partial charge in [-0.3, -0.25) is 4.79 Å². The van der Waals surface area contributed by atoms with E-state index in [2.05, 4.69) is 31.9 Å². The summed E-state index contributed by atoms with van der Waals surface area (Å²) in [6.07, 6.45) is -0.299. The van der Waals surface area contributed by atoms with E-state index in [1.807, 2.05) is 37.3 Å². The van der Waals surface area contributed by atoms with Gasteiger partial charge in [-0.1, -0.05) is 46.3 Å². The van der Waals surface area contributed by atoms with E-state index in [1.165, 1.54) is 6.92 Å². The highest BCUT2D eigenvalue weighted by Crippen LogP contribution is 2.31. The van der Waals surface area contributed by atoms with Crippen LogP contribution in [0.15, 0.2) is 34.8 Å². The highest BCUT2D eigenvalue weighted by molar-refractivity contribution is 9.16. The van der Waals surface area contributed by atoms with Gasteiger partial charge >= 0.3 is 5.97 Å². The van der Waals surface area contributed by atoms with Crippen LogP contribution in [0.3, 0.4) is 0 Å². The average Bonchev–Trinajstić information content (AvgIpc) is 2.27. The summed E-state index contributed by atoms with van der Waals surface area (Å²) < 4.78 is 6.79. The van der Waals surface area contributed by atoms with Crippen LogP contribution in [0.4, 0.5) is 0 Å². The van der Waals surface area contributed by atoms with Crippen LogP contribution >= 0.6 is 31.9 Å². The van der Waals surface area contributed by atoms with Gasteiger partial charge in [0, 0.05) is 11.4 Å². The summed E-state index contributed by atoms with van der Waals surface area (Å²) in [5.74, 6) is -0.294. The van der Waals surface area contributed by atoms with Gasteiger partial charge in [-0.15, -0.1) is 0 Å². The van der Waals surface area contributed by atoms with Crippen molar-refractivity contribution in [3.8, 4) is 0 Å². The van der Waals surface area contributed by atoms with Gasteiger partial charge in [-0.2, -0.15) is 0 Å². The molecule has 0 fully saturated rings. The van der Waals surface area contributed by atoms with Crippen LogP contribution in [0.2, 0.25) is 0 Å². The fourth-order valence-electron chi connectivity index (χ4n) is 1.20. The molecule has 0 saturated carbocycles. The van der Waals surface area contributed by atoms with Crippen LogP contribution in [0.1, 0.15) is 19.4 Å². The van der Waals surface area contributed by atoms with Gasteiger partial charge < -0.3 is 4.74 Å². The lowest BCUT2D eigenvalue weighted by atomic mass is 10.2. The minimum Gasteiger partial charge on any atom is -0.457 e. The molecule has 0 N–H and O–H groups in total. The summed E-state index contributed by atoms with van der Waals surface area (Å²) >= 11 is 6.91. The smallest absolute Gasteiger partial charge is 0.303 e. The third kappa shape index (κ3) is 3.76. The van der Waals surface area contributed by atoms with E-state index in [0.717, 1.165) is 14.5 Å². The van der Waals surface area contributed by atoms with E-state index >= 15 is 0 Å². The quantitative estimate of drug-likeness (QED) is 0.769. The maximum atomic E-state index is 10.8. The molecular weight excluding hydrogens is 336 g/mol. The standard InChI is InChI=1S/C12H12Br2O2/c1-8(16-9(2)15)11(13)12(14)10-6-4-3-5-7-10/h3-8H,1-2H3/b12-11+. The number of halogens is 2. The molecule has 1 rings (SSSR count). The van der Waals surface area contributed by atoms with Gasteiger partial charge in [0.1, 0.15) is 6.10 Å². The Labute approximate surface area is 112 Å². The van der Waals surface area contributed by atoms with Gasteiger partial charge in [0.05, 0.1) is 4.48 Å². The van der Waals surface area contributed by atoms with Gasteiger partial charge in [-0.25, -0.2) is 0 Å². The molecule has 0 bridgehead atoms. The molecule has 1 aromatic rings. The Hall–Kier alpha value is -0.610. The summed E-state index contributed by atoms with van der Waals surface area (Å²) in [5.41, 5.74) is 1.04. The van der Waals surface area contributed by atoms with Crippen LogP contribution in [-0.2, 0) is 9.53 Å². The Morgan fingerprint density at radius 1 is 1.25 bits per heavy atom. The summed E-state index contributed by atoms with van der Waals surface area (Å²) in [6.45, 7) is 3.21. The normalized spacial score (nSPS) is 14.0. The van der Waals surface area contributed by atoms with Crippen molar-refractivity contribution < 1.29 is 9.53 Å². The monoisotopic (exact) mass is 346 g/mol. The zero-order chi connectivity index (χ0) is 12.1. The van der Waals surface area contributed by atoms with E-state index in [1.54, 1.807) is 0 Å². The largest absolute Gasteiger partial charge is 0.457 e. The molecule has 1 unspecified atom stereocenters. The van der Waals surface area contributed by atoms with Crippen molar-refractivity contribution in [3.05, 3.63) is 40.4 Å². The number of hydrogen-bond acceptors (Lipinski definition) is 2. The predicted octanol–water partition coefficient (Wildman–Crippen LogP) is 4.10. The molecule has 0 heterocycles. The highest BCUT2D eigenvalue weighted by Gasteiger charge is 2.13. The Morgan fingerprint density at radius 2 is 1.81 bits per heavy atom. The van der Waals surface area contributed by atoms with Crippen molar-refractivity contribution in [1.82, 2.24) is 0 Å². The first-order chi connectivity index (χ1) is 7.52. The molecule has 0 saturated heterocycles. The third-order valence-corrected chi connectivity index (χ3v) is 4.39. The van der Waals surface area contributed by atoms with Crippen LogP contribution in [0.5, 0.6) is 0 Å². The van der Waals surface area contributed by atoms with Gasteiger partial charge in [-0.05, 0) is 28.4 Å². The highest BCUT2D eigenvalue weighted by atomic mass is 79.9. The Morgan fingerprint density at radius 3 is 2.31 bits per heavy atom. The molecule has 4 heteroatoms. The minimum absolute atomic E-state index is 0.294. The van der Waals surface area contributed by atoms with Crippen LogP contribution in [0.25, 0.3) is 4.48 Å². The molecule has 0 radical (unpaired) electrons. The van der Waals surface area contributed by atoms with E-state index in [0.29, 0.717) is 0 Å². The van der Waals surface area contributed by atoms with Crippen molar-refractivity contribution in [3.63, 3.8) is 0 Å². The SMILES string of the molecule is CC(=O)OC(C)/C(Br)=C(\Br)c1ccccc1. The Bertz CT molecular complexity index is 399. The molecule has 0 amide bonds. The Balaban J connectivity index is 2.92. The third-order valence-electron chi connectivity index (χ3n) is 1.94. The number of ether oxygens (including phenoxy) is 1. The first kappa shape index (κ1) is 13.5. The summed E-state index contributed by atoms with van der Waals surface area (Å²) in [6, 6.07) is 9.81. The van der Waals surface area contributed by atoms with Crippen molar-refractivity contribution in [1.29, 1.82) is 0 Å². The number of carbonyl (C=O) groups excluding carboxylic acids is 1. The first-order valence-electron chi connectivity index (χ1n) is 4.80. The van der Waals surface area contributed by atoms with Crippen molar-refractivity contribution in [2.75, 3.05) is 0 Å². The van der Waals surface area contributed by atoms with Gasteiger partial charge in [0.15, 0.2) is 0 Å². The minimum atomic E-state index is -0.299. The number of rotatable bonds is 3. The topological polar surface area (TPSA) is 26.3 Å². The molecule has 16 heavy (non-hydrogen) atoms. The number of carbonyl (C=O) groups is 1. The molecule has 0 spiro atoms. The maximum Gasteiger partial charge on any atom is 0.303 e. The fraction of sp³-hybridized carbons (Fsp3) is 0.250. The lowest BCUT2D eigenvalue weighted by Crippen LogP contribution is -2.12. The zero-order valence-corrected chi connectivity index (χ0v) is 12.2. The predicted molar refractivity (Wildman–Crippen MR) is 72.4 cm³/mol. The molecule has 0 aliphatic rings. The number of benzene rings is 1. The van der Waals surface area contributed by atoms with E-state index in [-0.39, 0.29) is 12.1 Å². The fourth-order valence-corrected chi connectivity index (χ4v) is 2.11. The van der Waals surface area contributed by atoms with Gasteiger partial charge in [0.25, 0.3) is 0 Å². The molecule has 1 aromatic carbocycles. The molecule has 0 aliphatic heterocycles. The first-order valence-corrected chi connectivity index (χ1v) is 6.38. The number of esters is 1. The lowest BCUT2D eigenvalue weighted by molar-refractivity contribution is -0.143. The van der Waals surface area contributed by atoms with Crippen molar-refractivity contribution in [2.24, 2.45) is 0 Å². The second-order valence-corrected chi connectivity index (χ2v) is 4.93. The molecule has 0 aromatic heterocycles. The van der Waals surface area contributed by atoms with E-state index in [9.17, 15) is 4.79 Å². The van der Waals surface area contributed by atoms with Crippen LogP contribution in [-0.4, -0.2) is 12.1 Å². The number of hydrogen-bond donors (Lipinski definition) is 0. The van der Waals surface area contributed by atoms with Gasteiger partial charge in [0.2, 0.25) is 0 Å². The maximum absolute atomic E-state index is 10.8.